The lowest BCUT2D eigenvalue weighted by atomic mass is 9.94. The lowest BCUT2D eigenvalue weighted by Crippen LogP contribution is -2.50. The highest BCUT2D eigenvalue weighted by molar-refractivity contribution is 8.00. The number of nitrogens with zero attached hydrogens (tertiary/aromatic N) is 1. The Morgan fingerprint density at radius 1 is 1.47 bits per heavy atom. The van der Waals surface area contributed by atoms with Crippen molar-refractivity contribution in [3.63, 3.8) is 0 Å². The van der Waals surface area contributed by atoms with E-state index in [-0.39, 0.29) is 11.3 Å². The molecule has 2 fully saturated rings. The minimum absolute atomic E-state index is 0.242. The molecule has 0 aromatic rings. The van der Waals surface area contributed by atoms with E-state index in [1.807, 2.05) is 16.7 Å². The fourth-order valence-corrected chi connectivity index (χ4v) is 3.58. The lowest BCUT2D eigenvalue weighted by molar-refractivity contribution is -0.132. The van der Waals surface area contributed by atoms with E-state index < -0.39 is 0 Å². The predicted octanol–water partition coefficient (Wildman–Crippen LogP) is 1.08. The summed E-state index contributed by atoms with van der Waals surface area (Å²) in [7, 11) is 0. The van der Waals surface area contributed by atoms with Crippen molar-refractivity contribution in [2.45, 2.75) is 37.5 Å². The van der Waals surface area contributed by atoms with Gasteiger partial charge in [-0.25, -0.2) is 0 Å². The van der Waals surface area contributed by atoms with E-state index in [2.05, 4.69) is 6.92 Å². The summed E-state index contributed by atoms with van der Waals surface area (Å²) in [5.74, 6) is 1.96. The molecule has 0 radical (unpaired) electrons. The van der Waals surface area contributed by atoms with Crippen molar-refractivity contribution < 1.29 is 4.79 Å². The molecule has 1 amide bonds. The topological polar surface area (TPSA) is 46.3 Å². The summed E-state index contributed by atoms with van der Waals surface area (Å²) in [6.45, 7) is 3.87. The van der Waals surface area contributed by atoms with E-state index in [4.69, 9.17) is 5.73 Å². The molecule has 2 saturated heterocycles. The monoisotopic (exact) mass is 228 g/mol. The first-order valence-corrected chi connectivity index (χ1v) is 6.89. The predicted molar refractivity (Wildman–Crippen MR) is 63.8 cm³/mol. The first-order chi connectivity index (χ1) is 7.18. The van der Waals surface area contributed by atoms with Crippen LogP contribution in [0, 0.1) is 5.92 Å². The average molecular weight is 228 g/mol. The van der Waals surface area contributed by atoms with Crippen LogP contribution in [-0.2, 0) is 4.79 Å². The van der Waals surface area contributed by atoms with Crippen LogP contribution in [0.15, 0.2) is 0 Å². The highest BCUT2D eigenvalue weighted by Gasteiger charge is 2.32. The fourth-order valence-electron chi connectivity index (χ4n) is 2.34. The summed E-state index contributed by atoms with van der Waals surface area (Å²) in [5, 5.41) is 0.242. The summed E-state index contributed by atoms with van der Waals surface area (Å²) in [6, 6.07) is 0.283. The van der Waals surface area contributed by atoms with Crippen LogP contribution in [0.1, 0.15) is 26.2 Å². The van der Waals surface area contributed by atoms with Gasteiger partial charge in [0.1, 0.15) is 0 Å². The maximum atomic E-state index is 12.1. The van der Waals surface area contributed by atoms with Gasteiger partial charge < -0.3 is 10.6 Å². The number of nitrogens with two attached hydrogens (primary N) is 1. The summed E-state index contributed by atoms with van der Waals surface area (Å²) < 4.78 is 0. The van der Waals surface area contributed by atoms with E-state index in [1.165, 1.54) is 6.42 Å². The molecule has 0 aliphatic carbocycles. The Bertz CT molecular complexity index is 241. The van der Waals surface area contributed by atoms with Crippen molar-refractivity contribution in [2.24, 2.45) is 11.7 Å². The molecule has 0 bridgehead atoms. The quantitative estimate of drug-likeness (QED) is 0.730. The van der Waals surface area contributed by atoms with E-state index in [0.29, 0.717) is 11.8 Å². The molecular formula is C11H20N2OS. The molecule has 3 unspecified atom stereocenters. The van der Waals surface area contributed by atoms with Gasteiger partial charge in [-0.05, 0) is 30.9 Å². The Kier molecular flexibility index (Phi) is 3.57. The zero-order chi connectivity index (χ0) is 10.8. The second kappa shape index (κ2) is 4.74. The van der Waals surface area contributed by atoms with Crippen LogP contribution in [0.2, 0.25) is 0 Å². The number of rotatable bonds is 1. The smallest absolute Gasteiger partial charge is 0.235 e. The molecular weight excluding hydrogens is 208 g/mol. The van der Waals surface area contributed by atoms with Crippen molar-refractivity contribution in [1.82, 2.24) is 4.90 Å². The summed E-state index contributed by atoms with van der Waals surface area (Å²) in [5.41, 5.74) is 5.95. The van der Waals surface area contributed by atoms with Crippen molar-refractivity contribution in [2.75, 3.05) is 18.8 Å². The van der Waals surface area contributed by atoms with Crippen LogP contribution >= 0.6 is 11.8 Å². The number of piperidine rings is 1. The minimum atomic E-state index is 0.242. The molecule has 3 nitrogen and oxygen atoms in total. The zero-order valence-corrected chi connectivity index (χ0v) is 10.1. The molecule has 2 rings (SSSR count). The molecule has 0 aromatic heterocycles. The van der Waals surface area contributed by atoms with Gasteiger partial charge in [-0.2, -0.15) is 0 Å². The molecule has 0 aromatic carbocycles. The van der Waals surface area contributed by atoms with Gasteiger partial charge in [0.15, 0.2) is 0 Å². The van der Waals surface area contributed by atoms with Gasteiger partial charge in [-0.15, -0.1) is 11.8 Å². The van der Waals surface area contributed by atoms with Gasteiger partial charge in [0.05, 0.1) is 5.25 Å². The fraction of sp³-hybridized carbons (Fsp3) is 0.909. The largest absolute Gasteiger partial charge is 0.341 e. The van der Waals surface area contributed by atoms with E-state index in [9.17, 15) is 4.79 Å². The minimum Gasteiger partial charge on any atom is -0.341 e. The van der Waals surface area contributed by atoms with Crippen molar-refractivity contribution in [1.29, 1.82) is 0 Å². The molecule has 0 spiro atoms. The lowest BCUT2D eigenvalue weighted by Gasteiger charge is -2.36. The Balaban J connectivity index is 1.90. The summed E-state index contributed by atoms with van der Waals surface area (Å²) in [6.07, 6.45) is 3.23. The first-order valence-electron chi connectivity index (χ1n) is 5.84. The normalized spacial score (nSPS) is 36.9. The van der Waals surface area contributed by atoms with Crippen LogP contribution in [-0.4, -0.2) is 40.9 Å². The molecule has 2 aliphatic rings. The Labute approximate surface area is 95.8 Å². The number of hydrogen-bond donors (Lipinski definition) is 1. The molecule has 2 N–H and O–H groups in total. The standard InChI is InChI=1S/C11H20N2OS/c1-8-7-13(5-4-9(8)12)11(14)10-3-2-6-15-10/h8-10H,2-7,12H2,1H3. The number of likely N-dealkylation sites (tertiary alicyclic amines) is 1. The van der Waals surface area contributed by atoms with Crippen LogP contribution in [0.25, 0.3) is 0 Å². The van der Waals surface area contributed by atoms with Crippen LogP contribution < -0.4 is 5.73 Å². The molecule has 86 valence electrons. The van der Waals surface area contributed by atoms with Crippen LogP contribution in [0.5, 0.6) is 0 Å². The van der Waals surface area contributed by atoms with Crippen LogP contribution in [0.3, 0.4) is 0 Å². The Morgan fingerprint density at radius 2 is 2.27 bits per heavy atom. The van der Waals surface area contributed by atoms with Gasteiger partial charge in [0.25, 0.3) is 0 Å². The van der Waals surface area contributed by atoms with Crippen LogP contribution in [0.4, 0.5) is 0 Å². The summed E-state index contributed by atoms with van der Waals surface area (Å²) >= 11 is 1.82. The van der Waals surface area contributed by atoms with Gasteiger partial charge in [0.2, 0.25) is 5.91 Å². The molecule has 15 heavy (non-hydrogen) atoms. The summed E-state index contributed by atoms with van der Waals surface area (Å²) in [4.78, 5) is 14.1. The third-order valence-electron chi connectivity index (χ3n) is 3.49. The second-order valence-corrected chi connectivity index (χ2v) is 6.03. The molecule has 4 heteroatoms. The Hall–Kier alpha value is -0.220. The van der Waals surface area contributed by atoms with Gasteiger partial charge in [-0.3, -0.25) is 4.79 Å². The number of hydrogen-bond acceptors (Lipinski definition) is 3. The van der Waals surface area contributed by atoms with Gasteiger partial charge in [-0.1, -0.05) is 6.92 Å². The van der Waals surface area contributed by atoms with Crippen molar-refractivity contribution in [3.05, 3.63) is 0 Å². The van der Waals surface area contributed by atoms with E-state index >= 15 is 0 Å². The first kappa shape index (κ1) is 11.3. The number of amides is 1. The van der Waals surface area contributed by atoms with Gasteiger partial charge in [0, 0.05) is 19.1 Å². The maximum Gasteiger partial charge on any atom is 0.235 e. The number of carbonyl (C=O) groups excluding carboxylic acids is 1. The SMILES string of the molecule is CC1CN(C(=O)C2CCCS2)CCC1N. The third kappa shape index (κ3) is 2.48. The zero-order valence-electron chi connectivity index (χ0n) is 9.32. The highest BCUT2D eigenvalue weighted by atomic mass is 32.2. The molecule has 3 atom stereocenters. The molecule has 2 heterocycles. The van der Waals surface area contributed by atoms with E-state index in [0.717, 1.165) is 31.7 Å². The second-order valence-electron chi connectivity index (χ2n) is 4.72. The maximum absolute atomic E-state index is 12.1. The highest BCUT2D eigenvalue weighted by Crippen LogP contribution is 2.29. The number of thioether (sulfide) groups is 1. The van der Waals surface area contributed by atoms with Crippen molar-refractivity contribution in [3.8, 4) is 0 Å². The Morgan fingerprint density at radius 3 is 2.87 bits per heavy atom. The third-order valence-corrected chi connectivity index (χ3v) is 4.85. The molecule has 2 aliphatic heterocycles. The number of carbonyl (C=O) groups is 1. The average Bonchev–Trinajstić information content (AvgIpc) is 2.74. The van der Waals surface area contributed by atoms with Crippen molar-refractivity contribution >= 4 is 17.7 Å². The molecule has 0 saturated carbocycles. The van der Waals surface area contributed by atoms with E-state index in [1.54, 1.807) is 0 Å². The van der Waals surface area contributed by atoms with Gasteiger partial charge >= 0.3 is 0 Å².